The van der Waals surface area contributed by atoms with Crippen molar-refractivity contribution >= 4 is 29.0 Å². The molecule has 1 saturated carbocycles. The van der Waals surface area contributed by atoms with E-state index in [2.05, 4.69) is 26.2 Å². The summed E-state index contributed by atoms with van der Waals surface area (Å²) in [5.41, 5.74) is 0.778. The highest BCUT2D eigenvalue weighted by Crippen LogP contribution is 2.39. The van der Waals surface area contributed by atoms with Crippen LogP contribution in [-0.4, -0.2) is 38.4 Å². The van der Waals surface area contributed by atoms with Gasteiger partial charge in [0.15, 0.2) is 5.16 Å². The molecule has 0 unspecified atom stereocenters. The molecule has 1 aliphatic rings. The summed E-state index contributed by atoms with van der Waals surface area (Å²) in [6, 6.07) is 10.9. The van der Waals surface area contributed by atoms with Crippen molar-refractivity contribution < 1.29 is 9.18 Å². The molecule has 0 saturated heterocycles. The zero-order valence-electron chi connectivity index (χ0n) is 15.5. The topological polar surface area (TPSA) is 51.0 Å². The fourth-order valence-corrected chi connectivity index (χ4v) is 4.70. The van der Waals surface area contributed by atoms with Crippen LogP contribution in [0.2, 0.25) is 0 Å². The van der Waals surface area contributed by atoms with E-state index < -0.39 is 0 Å². The molecule has 1 fully saturated rings. The van der Waals surface area contributed by atoms with E-state index in [-0.39, 0.29) is 17.5 Å². The van der Waals surface area contributed by atoms with Gasteiger partial charge in [0, 0.05) is 30.9 Å². The maximum absolute atomic E-state index is 13.3. The summed E-state index contributed by atoms with van der Waals surface area (Å²) in [7, 11) is 1.74. The molecule has 3 aromatic rings. The molecule has 4 rings (SSSR count). The molecule has 8 heteroatoms. The largest absolute Gasteiger partial charge is 0.341 e. The van der Waals surface area contributed by atoms with Crippen LogP contribution in [0.1, 0.15) is 35.1 Å². The Morgan fingerprint density at radius 3 is 2.89 bits per heavy atom. The van der Waals surface area contributed by atoms with Crippen molar-refractivity contribution in [3.05, 3.63) is 63.9 Å². The summed E-state index contributed by atoms with van der Waals surface area (Å²) < 4.78 is 15.5. The Morgan fingerprint density at radius 1 is 1.32 bits per heavy atom. The zero-order chi connectivity index (χ0) is 19.5. The molecule has 1 amide bonds. The smallest absolute Gasteiger partial charge is 0.233 e. The molecular weight excluding hydrogens is 395 g/mol. The van der Waals surface area contributed by atoms with Crippen molar-refractivity contribution in [2.45, 2.75) is 37.0 Å². The van der Waals surface area contributed by atoms with Crippen molar-refractivity contribution in [1.29, 1.82) is 0 Å². The number of hydrogen-bond acceptors (Lipinski definition) is 5. The number of halogens is 1. The number of thioether (sulfide) groups is 1. The van der Waals surface area contributed by atoms with E-state index in [1.807, 2.05) is 12.1 Å². The lowest BCUT2D eigenvalue weighted by atomic mass is 10.2. The zero-order valence-corrected chi connectivity index (χ0v) is 17.2. The fraction of sp³-hybridized carbons (Fsp3) is 0.350. The highest BCUT2D eigenvalue weighted by molar-refractivity contribution is 7.99. The minimum absolute atomic E-state index is 0.0144. The number of amides is 1. The summed E-state index contributed by atoms with van der Waals surface area (Å²) in [6.45, 7) is 0.385. The van der Waals surface area contributed by atoms with Crippen molar-refractivity contribution in [3.63, 3.8) is 0 Å². The summed E-state index contributed by atoms with van der Waals surface area (Å²) >= 11 is 3.14. The van der Waals surface area contributed by atoms with Crippen molar-refractivity contribution in [2.75, 3.05) is 12.8 Å². The minimum Gasteiger partial charge on any atom is -0.341 e. The third kappa shape index (κ3) is 4.62. The number of benzene rings is 1. The Morgan fingerprint density at radius 2 is 2.18 bits per heavy atom. The lowest BCUT2D eigenvalue weighted by Gasteiger charge is -2.17. The Kier molecular flexibility index (Phi) is 5.77. The Labute approximate surface area is 171 Å². The number of rotatable bonds is 8. The third-order valence-corrected chi connectivity index (χ3v) is 6.42. The van der Waals surface area contributed by atoms with E-state index in [4.69, 9.17) is 0 Å². The monoisotopic (exact) mass is 416 g/mol. The van der Waals surface area contributed by atoms with Gasteiger partial charge < -0.3 is 9.47 Å². The fourth-order valence-electron chi connectivity index (χ4n) is 3.03. The molecule has 2 heterocycles. The van der Waals surface area contributed by atoms with Crippen LogP contribution in [0.5, 0.6) is 0 Å². The van der Waals surface area contributed by atoms with Gasteiger partial charge in [0.25, 0.3) is 0 Å². The van der Waals surface area contributed by atoms with Gasteiger partial charge in [-0.3, -0.25) is 4.79 Å². The average Bonchev–Trinajstić information content (AvgIpc) is 3.22. The first kappa shape index (κ1) is 19.1. The van der Waals surface area contributed by atoms with Crippen molar-refractivity contribution in [3.8, 4) is 0 Å². The Balaban J connectivity index is 1.39. The molecule has 1 aromatic carbocycles. The molecular formula is C20H21FN4OS2. The summed E-state index contributed by atoms with van der Waals surface area (Å²) in [5.74, 6) is 0.950. The average molecular weight is 417 g/mol. The van der Waals surface area contributed by atoms with Gasteiger partial charge in [-0.2, -0.15) is 0 Å². The molecule has 0 atom stereocenters. The predicted octanol–water partition coefficient (Wildman–Crippen LogP) is 4.16. The number of aromatic nitrogens is 3. The van der Waals surface area contributed by atoms with Crippen LogP contribution in [0, 0.1) is 5.82 Å². The molecule has 5 nitrogen and oxygen atoms in total. The van der Waals surface area contributed by atoms with E-state index in [9.17, 15) is 9.18 Å². The normalized spacial score (nSPS) is 13.6. The molecule has 28 heavy (non-hydrogen) atoms. The number of nitrogens with zero attached hydrogens (tertiary/aromatic N) is 4. The van der Waals surface area contributed by atoms with Gasteiger partial charge in [-0.05, 0) is 42.0 Å². The highest BCUT2D eigenvalue weighted by atomic mass is 32.2. The van der Waals surface area contributed by atoms with Gasteiger partial charge in [0.05, 0.1) is 5.75 Å². The van der Waals surface area contributed by atoms with Crippen molar-refractivity contribution in [2.24, 2.45) is 0 Å². The highest BCUT2D eigenvalue weighted by Gasteiger charge is 2.30. The van der Waals surface area contributed by atoms with Gasteiger partial charge in [0.1, 0.15) is 11.6 Å². The first-order chi connectivity index (χ1) is 13.6. The number of thiophene rings is 1. The molecule has 0 N–H and O–H groups in total. The Hall–Kier alpha value is -2.19. The summed E-state index contributed by atoms with van der Waals surface area (Å²) in [6.07, 6.45) is 3.04. The number of hydrogen-bond donors (Lipinski definition) is 0. The summed E-state index contributed by atoms with van der Waals surface area (Å²) in [5, 5.41) is 11.6. The van der Waals surface area contributed by atoms with E-state index in [1.165, 1.54) is 28.8 Å². The molecule has 0 spiro atoms. The molecule has 0 radical (unpaired) electrons. The standard InChI is InChI=1S/C20H21FN4OS2/c1-24(12-14-4-2-5-15(21)10-14)19(26)13-28-20-23-22-18(25(20)16-7-8-16)11-17-6-3-9-27-17/h2-6,9-10,16H,7-8,11-13H2,1H3. The van der Waals surface area contributed by atoms with Crippen LogP contribution in [-0.2, 0) is 17.8 Å². The van der Waals surface area contributed by atoms with Gasteiger partial charge in [-0.1, -0.05) is 30.0 Å². The van der Waals surface area contributed by atoms with E-state index in [0.717, 1.165) is 35.8 Å². The van der Waals surface area contributed by atoms with E-state index in [0.29, 0.717) is 12.6 Å². The van der Waals surface area contributed by atoms with E-state index >= 15 is 0 Å². The molecule has 0 bridgehead atoms. The number of carbonyl (C=O) groups is 1. The van der Waals surface area contributed by atoms with Gasteiger partial charge in [0.2, 0.25) is 5.91 Å². The van der Waals surface area contributed by atoms with Crippen LogP contribution in [0.3, 0.4) is 0 Å². The predicted molar refractivity (Wildman–Crippen MR) is 109 cm³/mol. The molecule has 1 aliphatic carbocycles. The minimum atomic E-state index is -0.288. The van der Waals surface area contributed by atoms with Crippen LogP contribution in [0.4, 0.5) is 4.39 Å². The lowest BCUT2D eigenvalue weighted by molar-refractivity contribution is -0.127. The van der Waals surface area contributed by atoms with Gasteiger partial charge in [-0.15, -0.1) is 21.5 Å². The molecule has 0 aliphatic heterocycles. The first-order valence-electron chi connectivity index (χ1n) is 9.17. The second-order valence-electron chi connectivity index (χ2n) is 6.92. The maximum atomic E-state index is 13.3. The first-order valence-corrected chi connectivity index (χ1v) is 11.0. The lowest BCUT2D eigenvalue weighted by Crippen LogP contribution is -2.28. The van der Waals surface area contributed by atoms with E-state index in [1.54, 1.807) is 29.4 Å². The Bertz CT molecular complexity index is 953. The SMILES string of the molecule is CN(Cc1cccc(F)c1)C(=O)CSc1nnc(Cc2cccs2)n1C1CC1. The second kappa shape index (κ2) is 8.45. The van der Waals surface area contributed by atoms with Gasteiger partial charge in [-0.25, -0.2) is 4.39 Å². The molecule has 2 aromatic heterocycles. The van der Waals surface area contributed by atoms with Crippen LogP contribution < -0.4 is 0 Å². The van der Waals surface area contributed by atoms with Crippen LogP contribution in [0.25, 0.3) is 0 Å². The maximum Gasteiger partial charge on any atom is 0.233 e. The van der Waals surface area contributed by atoms with Crippen LogP contribution >= 0.6 is 23.1 Å². The molecule has 146 valence electrons. The van der Waals surface area contributed by atoms with Gasteiger partial charge >= 0.3 is 0 Å². The van der Waals surface area contributed by atoms with Crippen molar-refractivity contribution in [1.82, 2.24) is 19.7 Å². The number of carbonyl (C=O) groups excluding carboxylic acids is 1. The third-order valence-electron chi connectivity index (χ3n) is 4.62. The quantitative estimate of drug-likeness (QED) is 0.518. The van der Waals surface area contributed by atoms with Crippen LogP contribution in [0.15, 0.2) is 46.9 Å². The second-order valence-corrected chi connectivity index (χ2v) is 8.90. The summed E-state index contributed by atoms with van der Waals surface area (Å²) in [4.78, 5) is 15.4.